The molecule has 1 aliphatic rings. The maximum atomic E-state index is 11.1. The summed E-state index contributed by atoms with van der Waals surface area (Å²) in [5.41, 5.74) is 0. The smallest absolute Gasteiger partial charge is 0.307 e. The molecule has 0 aromatic carbocycles. The summed E-state index contributed by atoms with van der Waals surface area (Å²) in [5, 5.41) is 8.70. The monoisotopic (exact) mass is 207 g/mol. The molecule has 0 spiro atoms. The molecule has 13 heavy (non-hydrogen) atoms. The molecular weight excluding hydrogens is 194 g/mol. The zero-order valence-corrected chi connectivity index (χ0v) is 8.25. The number of nitrogens with zero attached hydrogens (tertiary/aromatic N) is 1. The first-order chi connectivity index (χ1) is 5.91. The number of rotatable bonds is 2. The summed E-state index contributed by atoms with van der Waals surface area (Å²) < 4.78 is 23.4. The fraction of sp³-hybridized carbons (Fsp3) is 0.857. The van der Waals surface area contributed by atoms with Gasteiger partial charge in [0.15, 0.2) is 0 Å². The summed E-state index contributed by atoms with van der Waals surface area (Å²) in [6.45, 7) is 0.566. The van der Waals surface area contributed by atoms with Crippen LogP contribution in [0.5, 0.6) is 0 Å². The van der Waals surface area contributed by atoms with Crippen molar-refractivity contribution in [3.8, 4) is 0 Å². The summed E-state index contributed by atoms with van der Waals surface area (Å²) in [5.74, 6) is -1.45. The molecule has 0 aliphatic carbocycles. The quantitative estimate of drug-likeness (QED) is 0.677. The van der Waals surface area contributed by atoms with Gasteiger partial charge in [0.25, 0.3) is 0 Å². The first-order valence-electron chi connectivity index (χ1n) is 4.09. The second-order valence-corrected chi connectivity index (χ2v) is 5.28. The Morgan fingerprint density at radius 2 is 2.15 bits per heavy atom. The largest absolute Gasteiger partial charge is 0.481 e. The number of hydrogen-bond donors (Lipinski definition) is 1. The van der Waals surface area contributed by atoms with Crippen molar-refractivity contribution in [2.24, 2.45) is 5.92 Å². The van der Waals surface area contributed by atoms with Gasteiger partial charge in [-0.15, -0.1) is 0 Å². The van der Waals surface area contributed by atoms with Gasteiger partial charge >= 0.3 is 5.97 Å². The van der Waals surface area contributed by atoms with Crippen LogP contribution in [0.4, 0.5) is 0 Å². The Kier molecular flexibility index (Phi) is 2.92. The Labute approximate surface area is 77.4 Å². The molecule has 0 bridgehead atoms. The first kappa shape index (κ1) is 10.5. The normalized spacial score (nSPS) is 25.8. The Balaban J connectivity index is 2.67. The second kappa shape index (κ2) is 3.63. The van der Waals surface area contributed by atoms with E-state index in [1.165, 1.54) is 4.31 Å². The lowest BCUT2D eigenvalue weighted by Crippen LogP contribution is -2.41. The summed E-state index contributed by atoms with van der Waals surface area (Å²) >= 11 is 0. The van der Waals surface area contributed by atoms with Gasteiger partial charge in [-0.05, 0) is 12.8 Å². The van der Waals surface area contributed by atoms with E-state index in [-0.39, 0.29) is 6.54 Å². The van der Waals surface area contributed by atoms with Gasteiger partial charge in [0.1, 0.15) is 0 Å². The van der Waals surface area contributed by atoms with E-state index in [0.29, 0.717) is 19.4 Å². The SMILES string of the molecule is CS(=O)(=O)N1CCC[C@H](C(=O)O)C1. The van der Waals surface area contributed by atoms with Crippen LogP contribution in [-0.2, 0) is 14.8 Å². The Hall–Kier alpha value is -0.620. The summed E-state index contributed by atoms with van der Waals surface area (Å²) in [6.07, 6.45) is 2.31. The van der Waals surface area contributed by atoms with Crippen LogP contribution in [0.25, 0.3) is 0 Å². The van der Waals surface area contributed by atoms with Gasteiger partial charge in [0.05, 0.1) is 12.2 Å². The number of aliphatic carboxylic acids is 1. The van der Waals surface area contributed by atoms with Gasteiger partial charge in [-0.3, -0.25) is 4.79 Å². The number of sulfonamides is 1. The molecule has 0 amide bonds. The van der Waals surface area contributed by atoms with Crippen LogP contribution in [0.1, 0.15) is 12.8 Å². The Morgan fingerprint density at radius 1 is 1.54 bits per heavy atom. The topological polar surface area (TPSA) is 74.7 Å². The maximum absolute atomic E-state index is 11.1. The minimum atomic E-state index is -3.22. The number of piperidine rings is 1. The molecule has 1 N–H and O–H groups in total. The molecule has 76 valence electrons. The first-order valence-corrected chi connectivity index (χ1v) is 5.94. The Bertz CT molecular complexity index is 298. The van der Waals surface area contributed by atoms with Crippen LogP contribution in [0, 0.1) is 5.92 Å². The second-order valence-electron chi connectivity index (χ2n) is 3.30. The van der Waals surface area contributed by atoms with Gasteiger partial charge in [0.2, 0.25) is 10.0 Å². The van der Waals surface area contributed by atoms with Crippen LogP contribution in [-0.4, -0.2) is 43.1 Å². The van der Waals surface area contributed by atoms with Gasteiger partial charge in [0, 0.05) is 13.1 Å². The Morgan fingerprint density at radius 3 is 2.62 bits per heavy atom. The molecule has 1 fully saturated rings. The number of carbonyl (C=O) groups is 1. The predicted octanol–water partition coefficient (Wildman–Crippen LogP) is -0.257. The molecule has 0 aromatic heterocycles. The lowest BCUT2D eigenvalue weighted by Gasteiger charge is -2.28. The maximum Gasteiger partial charge on any atom is 0.307 e. The fourth-order valence-corrected chi connectivity index (χ4v) is 2.36. The molecule has 1 saturated heterocycles. The van der Waals surface area contributed by atoms with Gasteiger partial charge in [-0.1, -0.05) is 0 Å². The van der Waals surface area contributed by atoms with E-state index >= 15 is 0 Å². The third kappa shape index (κ3) is 2.67. The zero-order chi connectivity index (χ0) is 10.1. The predicted molar refractivity (Wildman–Crippen MR) is 46.8 cm³/mol. The van der Waals surface area contributed by atoms with Crippen LogP contribution in [0.3, 0.4) is 0 Å². The molecule has 1 heterocycles. The lowest BCUT2D eigenvalue weighted by molar-refractivity contribution is -0.142. The van der Waals surface area contributed by atoms with Crippen molar-refractivity contribution in [2.75, 3.05) is 19.3 Å². The molecule has 0 radical (unpaired) electrons. The van der Waals surface area contributed by atoms with Crippen molar-refractivity contribution in [3.63, 3.8) is 0 Å². The zero-order valence-electron chi connectivity index (χ0n) is 7.43. The van der Waals surface area contributed by atoms with Crippen molar-refractivity contribution in [1.29, 1.82) is 0 Å². The standard InChI is InChI=1S/C7H13NO4S/c1-13(11,12)8-4-2-3-6(5-8)7(9)10/h6H,2-5H2,1H3,(H,9,10)/t6-/m0/s1. The third-order valence-corrected chi connectivity index (χ3v) is 3.47. The molecule has 0 aromatic rings. The van der Waals surface area contributed by atoms with Gasteiger partial charge in [-0.2, -0.15) is 0 Å². The van der Waals surface area contributed by atoms with Gasteiger partial charge < -0.3 is 5.11 Å². The third-order valence-electron chi connectivity index (χ3n) is 2.20. The van der Waals surface area contributed by atoms with Crippen LogP contribution < -0.4 is 0 Å². The minimum absolute atomic E-state index is 0.119. The number of carboxylic acids is 1. The minimum Gasteiger partial charge on any atom is -0.481 e. The highest BCUT2D eigenvalue weighted by Crippen LogP contribution is 2.18. The highest BCUT2D eigenvalue weighted by molar-refractivity contribution is 7.88. The average Bonchev–Trinajstić information content (AvgIpc) is 2.03. The molecule has 1 aliphatic heterocycles. The van der Waals surface area contributed by atoms with E-state index in [0.717, 1.165) is 6.26 Å². The molecule has 1 atom stereocenters. The average molecular weight is 207 g/mol. The molecule has 6 heteroatoms. The molecule has 1 rings (SSSR count). The molecule has 0 saturated carbocycles. The van der Waals surface area contributed by atoms with Crippen LogP contribution in [0.15, 0.2) is 0 Å². The van der Waals surface area contributed by atoms with Crippen LogP contribution >= 0.6 is 0 Å². The highest BCUT2D eigenvalue weighted by Gasteiger charge is 2.29. The number of hydrogen-bond acceptors (Lipinski definition) is 3. The summed E-state index contributed by atoms with van der Waals surface area (Å²) in [4.78, 5) is 10.6. The summed E-state index contributed by atoms with van der Waals surface area (Å²) in [7, 11) is -3.22. The van der Waals surface area contributed by atoms with Crippen LogP contribution in [0.2, 0.25) is 0 Å². The van der Waals surface area contributed by atoms with Crippen molar-refractivity contribution >= 4 is 16.0 Å². The van der Waals surface area contributed by atoms with E-state index < -0.39 is 21.9 Å². The fourth-order valence-electron chi connectivity index (χ4n) is 1.45. The number of carboxylic acid groups (broad SMARTS) is 1. The van der Waals surface area contributed by atoms with E-state index in [1.54, 1.807) is 0 Å². The van der Waals surface area contributed by atoms with Crippen molar-refractivity contribution in [2.45, 2.75) is 12.8 Å². The summed E-state index contributed by atoms with van der Waals surface area (Å²) in [6, 6.07) is 0. The molecular formula is C7H13NO4S. The van der Waals surface area contributed by atoms with Crippen molar-refractivity contribution in [1.82, 2.24) is 4.31 Å². The molecule has 0 unspecified atom stereocenters. The lowest BCUT2D eigenvalue weighted by atomic mass is 10.0. The van der Waals surface area contributed by atoms with Crippen molar-refractivity contribution in [3.05, 3.63) is 0 Å². The van der Waals surface area contributed by atoms with E-state index in [9.17, 15) is 13.2 Å². The van der Waals surface area contributed by atoms with E-state index in [4.69, 9.17) is 5.11 Å². The van der Waals surface area contributed by atoms with E-state index in [2.05, 4.69) is 0 Å². The highest BCUT2D eigenvalue weighted by atomic mass is 32.2. The van der Waals surface area contributed by atoms with Crippen molar-refractivity contribution < 1.29 is 18.3 Å². The van der Waals surface area contributed by atoms with Gasteiger partial charge in [-0.25, -0.2) is 12.7 Å². The van der Waals surface area contributed by atoms with E-state index in [1.807, 2.05) is 0 Å². The molecule has 5 nitrogen and oxygen atoms in total.